The second kappa shape index (κ2) is 2500. The average molecular weight is 169 g/mol. The molecule has 0 aliphatic carbocycles. The summed E-state index contributed by atoms with van der Waals surface area (Å²) in [5, 5.41) is 12.0. The zero-order valence-corrected chi connectivity index (χ0v) is 5.98. The van der Waals surface area contributed by atoms with Gasteiger partial charge in [0.25, 0.3) is 0 Å². The standard InChI is InChI=1S/CH4.H2O2.2H2O.O.Zn/c;1-2;;;;/h1H4;1-2H;2*1H2;;/p+2. The summed E-state index contributed by atoms with van der Waals surface area (Å²) in [5.74, 6) is 0. The molecule has 0 radical (unpaired) electrons. The first-order valence-corrected chi connectivity index (χ1v) is 1.70. The molecule has 0 aromatic heterocycles. The van der Waals surface area contributed by atoms with Crippen LogP contribution in [0.2, 0.25) is 0 Å². The van der Waals surface area contributed by atoms with Crippen molar-refractivity contribution in [3.63, 3.8) is 0 Å². The first-order chi connectivity index (χ1) is 2.00. The Bertz CT molecular complexity index is 14.9. The van der Waals surface area contributed by atoms with Crippen LogP contribution in [0.25, 0.3) is 0 Å². The molecule has 6 N–H and O–H groups in total. The Morgan fingerprint density at radius 2 is 1.14 bits per heavy atom. The van der Waals surface area contributed by atoms with E-state index in [2.05, 4.69) is 0 Å². The Balaban J connectivity index is -0.00000000114. The summed E-state index contributed by atoms with van der Waals surface area (Å²) in [6.45, 7) is 0. The van der Waals surface area contributed by atoms with E-state index in [-0.39, 0.29) is 39.5 Å². The van der Waals surface area contributed by atoms with Crippen molar-refractivity contribution in [3.05, 3.63) is 0 Å². The van der Waals surface area contributed by atoms with Gasteiger partial charge in [0.1, 0.15) is 0 Å². The van der Waals surface area contributed by atoms with E-state index in [0.717, 1.165) is 0 Å². The molecule has 0 fully saturated rings. The maximum absolute atomic E-state index is 8.38. The van der Waals surface area contributed by atoms with E-state index < -0.39 is 0 Å². The molecule has 0 aliphatic heterocycles. The minimum absolute atomic E-state index is 0. The van der Waals surface area contributed by atoms with Gasteiger partial charge in [-0.15, -0.1) is 0 Å². The fourth-order valence-corrected chi connectivity index (χ4v) is 0. The summed E-state index contributed by atoms with van der Waals surface area (Å²) < 4.78 is 8.38. The number of rotatable bonds is 0. The van der Waals surface area contributed by atoms with Crippen LogP contribution in [0.15, 0.2) is 0 Å². The van der Waals surface area contributed by atoms with Gasteiger partial charge in [-0.25, -0.2) is 0 Å². The van der Waals surface area contributed by atoms with E-state index in [0.29, 0.717) is 0 Å². The molecule has 46 valence electrons. The van der Waals surface area contributed by atoms with E-state index in [1.807, 2.05) is 0 Å². The van der Waals surface area contributed by atoms with Crippen molar-refractivity contribution in [2.75, 3.05) is 0 Å². The predicted molar refractivity (Wildman–Crippen MR) is 22.1 cm³/mol. The molecular formula is CH12O5Zn+2. The van der Waals surface area contributed by atoms with Crippen LogP contribution in [0.3, 0.4) is 0 Å². The van der Waals surface area contributed by atoms with Crippen molar-refractivity contribution in [3.8, 4) is 0 Å². The molecule has 7 heavy (non-hydrogen) atoms. The summed E-state index contributed by atoms with van der Waals surface area (Å²) in [5.41, 5.74) is 0. The molecule has 0 aromatic carbocycles. The van der Waals surface area contributed by atoms with Gasteiger partial charge < -0.3 is 11.0 Å². The summed E-state index contributed by atoms with van der Waals surface area (Å²) in [6, 6.07) is 0. The summed E-state index contributed by atoms with van der Waals surface area (Å²) in [6.07, 6.45) is 0. The Hall–Kier alpha value is 0.263. The topological polar surface area (TPSA) is 121 Å². The van der Waals surface area contributed by atoms with Gasteiger partial charge in [0.05, 0.1) is 0 Å². The van der Waals surface area contributed by atoms with Gasteiger partial charge in [0, 0.05) is 0 Å². The Morgan fingerprint density at radius 1 is 1.14 bits per heavy atom. The zero-order chi connectivity index (χ0) is 4.00. The van der Waals surface area contributed by atoms with E-state index in [9.17, 15) is 0 Å². The second-order valence-electron chi connectivity index (χ2n) is 0. The van der Waals surface area contributed by atoms with Gasteiger partial charge >= 0.3 is 24.7 Å². The normalized spacial score (nSPS) is 1.71. The summed E-state index contributed by atoms with van der Waals surface area (Å²) in [4.78, 5) is 0. The van der Waals surface area contributed by atoms with Crippen LogP contribution in [-0.4, -0.2) is 21.5 Å². The molecule has 6 heteroatoms. The molecular weight excluding hydrogens is 157 g/mol. The third-order valence-corrected chi connectivity index (χ3v) is 0. The molecule has 0 amide bonds. The summed E-state index contributed by atoms with van der Waals surface area (Å²) in [7, 11) is 0. The fourth-order valence-electron chi connectivity index (χ4n) is 0. The number of hydrogen-bond acceptors (Lipinski definition) is 3. The average Bonchev–Trinajstić information content (AvgIpc) is 1.50. The molecule has 0 aromatic rings. The fraction of sp³-hybridized carbons (Fsp3) is 1.00. The molecule has 0 saturated heterocycles. The maximum atomic E-state index is 8.38. The quantitative estimate of drug-likeness (QED) is 0.278. The first-order valence-electron chi connectivity index (χ1n) is 0.489. The predicted octanol–water partition coefficient (Wildman–Crippen LogP) is -0.892. The van der Waals surface area contributed by atoms with Gasteiger partial charge in [-0.05, 0) is 0 Å². The van der Waals surface area contributed by atoms with Crippen molar-refractivity contribution in [1.29, 1.82) is 0 Å². The van der Waals surface area contributed by atoms with Gasteiger partial charge in [0.2, 0.25) is 0 Å². The van der Waals surface area contributed by atoms with Crippen molar-refractivity contribution in [2.24, 2.45) is 0 Å². The van der Waals surface area contributed by atoms with Crippen molar-refractivity contribution in [2.45, 2.75) is 7.43 Å². The third kappa shape index (κ3) is 1640. The van der Waals surface area contributed by atoms with E-state index in [1.54, 1.807) is 0 Å². The van der Waals surface area contributed by atoms with Gasteiger partial charge in [-0.1, -0.05) is 7.43 Å². The molecule has 0 unspecified atom stereocenters. The molecule has 0 bridgehead atoms. The Kier molecular flexibility index (Phi) is 19900. The van der Waals surface area contributed by atoms with E-state index >= 15 is 0 Å². The van der Waals surface area contributed by atoms with Crippen molar-refractivity contribution >= 4 is 0 Å². The Morgan fingerprint density at radius 3 is 1.14 bits per heavy atom. The number of hydrogen-bond donors (Lipinski definition) is 2. The third-order valence-electron chi connectivity index (χ3n) is 0. The van der Waals surface area contributed by atoms with Gasteiger partial charge in [0.15, 0.2) is 0 Å². The monoisotopic (exact) mass is 168 g/mol. The van der Waals surface area contributed by atoms with Crippen LogP contribution in [0.5, 0.6) is 0 Å². The molecule has 0 rings (SSSR count). The van der Waals surface area contributed by atoms with E-state index in [4.69, 9.17) is 14.1 Å². The molecule has 0 heterocycles. The van der Waals surface area contributed by atoms with Gasteiger partial charge in [-0.2, -0.15) is 0 Å². The van der Waals surface area contributed by atoms with Crippen LogP contribution >= 0.6 is 0 Å². The van der Waals surface area contributed by atoms with Crippen molar-refractivity contribution < 1.29 is 46.1 Å². The molecule has 5 nitrogen and oxygen atoms in total. The molecule has 0 spiro atoms. The molecule has 0 aliphatic rings. The van der Waals surface area contributed by atoms with Gasteiger partial charge in [-0.3, -0.25) is 10.5 Å². The second-order valence-corrected chi connectivity index (χ2v) is 0. The SMILES string of the molecule is C.O.O.OO.[H+].[H+].[O]=[Zn]. The molecule has 0 atom stereocenters. The Labute approximate surface area is 54.4 Å². The minimum atomic E-state index is 0. The first kappa shape index (κ1) is 55.6. The van der Waals surface area contributed by atoms with Crippen molar-refractivity contribution in [1.82, 2.24) is 0 Å². The molecule has 0 saturated carbocycles. The van der Waals surface area contributed by atoms with Crippen LogP contribution in [0.4, 0.5) is 0 Å². The summed E-state index contributed by atoms with van der Waals surface area (Å²) >= 11 is 0.125. The van der Waals surface area contributed by atoms with Crippen LogP contribution in [0.1, 0.15) is 10.3 Å². The zero-order valence-electron chi connectivity index (χ0n) is 5.01. The van der Waals surface area contributed by atoms with E-state index in [1.165, 1.54) is 0 Å². The van der Waals surface area contributed by atoms with Crippen LogP contribution in [-0.2, 0) is 21.8 Å². The van der Waals surface area contributed by atoms with Crippen LogP contribution in [0, 0.1) is 0 Å². The van der Waals surface area contributed by atoms with Crippen LogP contribution < -0.4 is 0 Å².